The number of carbonyl (C=O) groups excluding carboxylic acids is 2. The van der Waals surface area contributed by atoms with Crippen LogP contribution in [-0.4, -0.2) is 29.5 Å². The van der Waals surface area contributed by atoms with Gasteiger partial charge in [0.05, 0.1) is 28.8 Å². The fraction of sp³-hybridized carbons (Fsp3) is 0.0833. The van der Waals surface area contributed by atoms with Crippen molar-refractivity contribution in [2.45, 2.75) is 0 Å². The molecule has 2 heterocycles. The monoisotopic (exact) mass is 322 g/mol. The lowest BCUT2D eigenvalue weighted by Gasteiger charge is -2.01. The van der Waals surface area contributed by atoms with Gasteiger partial charge in [-0.15, -0.1) is 0 Å². The van der Waals surface area contributed by atoms with Gasteiger partial charge in [0.2, 0.25) is 0 Å². The second-order valence-electron chi connectivity index (χ2n) is 3.89. The Morgan fingerprint density at radius 1 is 1.41 bits per heavy atom. The standard InChI is InChI=1S/C12H10N4O5S/c17-10(7-13-12(18)9-2-1-5-21-9)15-14-6-8-3-4-11(22-8)16(19)20/h1-6H,7H2,(H,13,18)(H,15,17)/b14-6-. The van der Waals surface area contributed by atoms with Crippen LogP contribution in [0.15, 0.2) is 40.0 Å². The third kappa shape index (κ3) is 4.24. The van der Waals surface area contributed by atoms with E-state index < -0.39 is 16.7 Å². The maximum Gasteiger partial charge on any atom is 0.324 e. The third-order valence-corrected chi connectivity index (χ3v) is 3.30. The van der Waals surface area contributed by atoms with Crippen molar-refractivity contribution < 1.29 is 18.9 Å². The van der Waals surface area contributed by atoms with Crippen LogP contribution in [0.1, 0.15) is 15.4 Å². The molecule has 0 unspecified atom stereocenters. The molecule has 2 amide bonds. The van der Waals surface area contributed by atoms with Crippen molar-refractivity contribution in [1.82, 2.24) is 10.7 Å². The van der Waals surface area contributed by atoms with Crippen molar-refractivity contribution in [3.63, 3.8) is 0 Å². The Bertz CT molecular complexity index is 707. The van der Waals surface area contributed by atoms with Gasteiger partial charge >= 0.3 is 5.00 Å². The molecule has 114 valence electrons. The molecule has 0 aliphatic rings. The normalized spacial score (nSPS) is 10.5. The maximum absolute atomic E-state index is 11.5. The van der Waals surface area contributed by atoms with Crippen LogP contribution in [0, 0.1) is 10.1 Å². The van der Waals surface area contributed by atoms with Crippen molar-refractivity contribution in [3.8, 4) is 0 Å². The summed E-state index contributed by atoms with van der Waals surface area (Å²) in [4.78, 5) is 33.4. The predicted molar refractivity (Wildman–Crippen MR) is 77.8 cm³/mol. The number of nitrogens with zero attached hydrogens (tertiary/aromatic N) is 2. The first-order chi connectivity index (χ1) is 10.6. The van der Waals surface area contributed by atoms with Crippen LogP contribution in [0.3, 0.4) is 0 Å². The van der Waals surface area contributed by atoms with Gasteiger partial charge in [-0.05, 0) is 18.2 Å². The molecule has 0 saturated carbocycles. The summed E-state index contributed by atoms with van der Waals surface area (Å²) in [6.07, 6.45) is 2.63. The second kappa shape index (κ2) is 7.13. The Kier molecular flexibility index (Phi) is 4.98. The number of thiophene rings is 1. The van der Waals surface area contributed by atoms with Gasteiger partial charge in [-0.25, -0.2) is 5.43 Å². The maximum atomic E-state index is 11.5. The van der Waals surface area contributed by atoms with E-state index in [1.165, 1.54) is 30.7 Å². The highest BCUT2D eigenvalue weighted by Gasteiger charge is 2.10. The Hall–Kier alpha value is -3.01. The summed E-state index contributed by atoms with van der Waals surface area (Å²) in [5.74, 6) is -0.956. The largest absolute Gasteiger partial charge is 0.459 e. The fourth-order valence-electron chi connectivity index (χ4n) is 1.37. The number of nitro groups is 1. The number of hydrazone groups is 1. The summed E-state index contributed by atoms with van der Waals surface area (Å²) in [5, 5.41) is 16.5. The highest BCUT2D eigenvalue weighted by molar-refractivity contribution is 7.16. The molecule has 0 radical (unpaired) electrons. The van der Waals surface area contributed by atoms with Crippen LogP contribution >= 0.6 is 11.3 Å². The minimum Gasteiger partial charge on any atom is -0.459 e. The van der Waals surface area contributed by atoms with Crippen molar-refractivity contribution in [3.05, 3.63) is 51.3 Å². The first-order valence-electron chi connectivity index (χ1n) is 5.94. The molecule has 10 heteroatoms. The molecule has 9 nitrogen and oxygen atoms in total. The van der Waals surface area contributed by atoms with Crippen LogP contribution in [-0.2, 0) is 4.79 Å². The van der Waals surface area contributed by atoms with Gasteiger partial charge in [-0.2, -0.15) is 5.10 Å². The molecule has 0 saturated heterocycles. The quantitative estimate of drug-likeness (QED) is 0.468. The van der Waals surface area contributed by atoms with Gasteiger partial charge in [0.15, 0.2) is 5.76 Å². The van der Waals surface area contributed by atoms with Crippen LogP contribution in [0.2, 0.25) is 0 Å². The number of hydrogen-bond acceptors (Lipinski definition) is 7. The molecule has 0 spiro atoms. The van der Waals surface area contributed by atoms with Crippen LogP contribution < -0.4 is 10.7 Å². The average molecular weight is 322 g/mol. The van der Waals surface area contributed by atoms with Crippen molar-refractivity contribution in [2.24, 2.45) is 5.10 Å². The lowest BCUT2D eigenvalue weighted by atomic mass is 10.4. The van der Waals surface area contributed by atoms with E-state index >= 15 is 0 Å². The third-order valence-electron chi connectivity index (χ3n) is 2.33. The molecule has 0 aromatic carbocycles. The summed E-state index contributed by atoms with van der Waals surface area (Å²) >= 11 is 0.927. The summed E-state index contributed by atoms with van der Waals surface area (Å²) in [5.41, 5.74) is 2.19. The van der Waals surface area contributed by atoms with E-state index in [0.29, 0.717) is 4.88 Å². The van der Waals surface area contributed by atoms with Gasteiger partial charge in [0.1, 0.15) is 0 Å². The van der Waals surface area contributed by atoms with Gasteiger partial charge in [-0.3, -0.25) is 19.7 Å². The molecular weight excluding hydrogens is 312 g/mol. The molecule has 0 aliphatic heterocycles. The van der Waals surface area contributed by atoms with E-state index in [1.807, 2.05) is 0 Å². The number of rotatable bonds is 6. The van der Waals surface area contributed by atoms with Crippen LogP contribution in [0.25, 0.3) is 0 Å². The molecule has 0 atom stereocenters. The zero-order chi connectivity index (χ0) is 15.9. The number of furan rings is 1. The zero-order valence-corrected chi connectivity index (χ0v) is 11.8. The molecule has 0 aliphatic carbocycles. The van der Waals surface area contributed by atoms with E-state index in [0.717, 1.165) is 11.3 Å². The van der Waals surface area contributed by atoms with Crippen LogP contribution in [0.4, 0.5) is 5.00 Å². The molecular formula is C12H10N4O5S. The Morgan fingerprint density at radius 3 is 2.86 bits per heavy atom. The van der Waals surface area contributed by atoms with Gasteiger partial charge < -0.3 is 9.73 Å². The fourth-order valence-corrected chi connectivity index (χ4v) is 2.07. The average Bonchev–Trinajstić information content (AvgIpc) is 3.16. The Balaban J connectivity index is 1.76. The Labute approximate surface area is 127 Å². The highest BCUT2D eigenvalue weighted by atomic mass is 32.1. The highest BCUT2D eigenvalue weighted by Crippen LogP contribution is 2.22. The van der Waals surface area contributed by atoms with Gasteiger partial charge in [0, 0.05) is 6.07 Å². The summed E-state index contributed by atoms with van der Waals surface area (Å²) in [7, 11) is 0. The second-order valence-corrected chi connectivity index (χ2v) is 4.98. The first-order valence-corrected chi connectivity index (χ1v) is 6.76. The molecule has 2 N–H and O–H groups in total. The van der Waals surface area contributed by atoms with E-state index in [9.17, 15) is 19.7 Å². The van der Waals surface area contributed by atoms with E-state index in [1.54, 1.807) is 6.07 Å². The van der Waals surface area contributed by atoms with E-state index in [4.69, 9.17) is 4.42 Å². The number of carbonyl (C=O) groups is 2. The molecule has 0 fully saturated rings. The van der Waals surface area contributed by atoms with Gasteiger partial charge in [0.25, 0.3) is 11.8 Å². The van der Waals surface area contributed by atoms with Crippen molar-refractivity contribution in [1.29, 1.82) is 0 Å². The lowest BCUT2D eigenvalue weighted by molar-refractivity contribution is -0.380. The van der Waals surface area contributed by atoms with Crippen molar-refractivity contribution in [2.75, 3.05) is 6.54 Å². The molecule has 2 rings (SSSR count). The van der Waals surface area contributed by atoms with Crippen molar-refractivity contribution >= 4 is 34.4 Å². The molecule has 2 aromatic heterocycles. The van der Waals surface area contributed by atoms with Crippen LogP contribution in [0.5, 0.6) is 0 Å². The minimum atomic E-state index is -0.540. The number of hydrogen-bond donors (Lipinski definition) is 2. The number of amides is 2. The van der Waals surface area contributed by atoms with Gasteiger partial charge in [-0.1, -0.05) is 11.3 Å². The molecule has 0 bridgehead atoms. The van der Waals surface area contributed by atoms with E-state index in [2.05, 4.69) is 15.8 Å². The van der Waals surface area contributed by atoms with E-state index in [-0.39, 0.29) is 17.3 Å². The summed E-state index contributed by atoms with van der Waals surface area (Å²) in [6.45, 7) is -0.276. The Morgan fingerprint density at radius 2 is 2.23 bits per heavy atom. The lowest BCUT2D eigenvalue weighted by Crippen LogP contribution is -2.34. The molecule has 2 aromatic rings. The molecule has 22 heavy (non-hydrogen) atoms. The smallest absolute Gasteiger partial charge is 0.324 e. The topological polar surface area (TPSA) is 127 Å². The number of nitrogens with one attached hydrogen (secondary N) is 2. The SMILES string of the molecule is O=C(CNC(=O)c1ccco1)N/N=C\c1ccc([N+](=O)[O-])s1. The minimum absolute atomic E-state index is 0.0153. The summed E-state index contributed by atoms with van der Waals surface area (Å²) in [6, 6.07) is 5.88. The zero-order valence-electron chi connectivity index (χ0n) is 11.0. The predicted octanol–water partition coefficient (Wildman–Crippen LogP) is 1.13. The first kappa shape index (κ1) is 15.4. The summed E-state index contributed by atoms with van der Waals surface area (Å²) < 4.78 is 4.86.